The highest BCUT2D eigenvalue weighted by atomic mass is 16.2. The summed E-state index contributed by atoms with van der Waals surface area (Å²) >= 11 is 0. The van der Waals surface area contributed by atoms with Crippen molar-refractivity contribution in [2.45, 2.75) is 32.2 Å². The van der Waals surface area contributed by atoms with Crippen LogP contribution in [0.5, 0.6) is 0 Å². The van der Waals surface area contributed by atoms with Gasteiger partial charge in [-0.2, -0.15) is 0 Å². The molecule has 0 aliphatic carbocycles. The second kappa shape index (κ2) is 8.90. The molecule has 2 heterocycles. The van der Waals surface area contributed by atoms with Gasteiger partial charge in [0.25, 0.3) is 0 Å². The predicted octanol–water partition coefficient (Wildman–Crippen LogP) is 3.16. The summed E-state index contributed by atoms with van der Waals surface area (Å²) < 4.78 is 2.20. The van der Waals surface area contributed by atoms with Gasteiger partial charge in [-0.15, -0.1) is 0 Å². The standard InChI is InChI=1S/C20H30N4O/c1-22(16-17-24-15-10-18-8-3-4-9-19(18)24)20(25)21-11-7-14-23-12-5-2-6-13-23/h3-4,8-10,15H,2,5-7,11-14,16-17H2,1H3,(H,21,25). The van der Waals surface area contributed by atoms with E-state index in [2.05, 4.69) is 51.3 Å². The Morgan fingerprint density at radius 3 is 2.76 bits per heavy atom. The van der Waals surface area contributed by atoms with Gasteiger partial charge in [0.2, 0.25) is 0 Å². The van der Waals surface area contributed by atoms with Gasteiger partial charge in [-0.25, -0.2) is 4.79 Å². The Morgan fingerprint density at radius 1 is 1.12 bits per heavy atom. The first-order valence-electron chi connectivity index (χ1n) is 9.49. The average Bonchev–Trinajstić information content (AvgIpc) is 3.07. The molecular formula is C20H30N4O. The third kappa shape index (κ3) is 4.98. The fourth-order valence-corrected chi connectivity index (χ4v) is 3.51. The molecule has 1 aliphatic heterocycles. The van der Waals surface area contributed by atoms with E-state index in [1.54, 1.807) is 4.90 Å². The first-order chi connectivity index (χ1) is 12.2. The van der Waals surface area contributed by atoms with Gasteiger partial charge in [-0.1, -0.05) is 24.6 Å². The molecule has 0 spiro atoms. The molecule has 1 saturated heterocycles. The topological polar surface area (TPSA) is 40.5 Å². The molecular weight excluding hydrogens is 312 g/mol. The first-order valence-corrected chi connectivity index (χ1v) is 9.49. The van der Waals surface area contributed by atoms with Gasteiger partial charge < -0.3 is 19.7 Å². The quantitative estimate of drug-likeness (QED) is 0.785. The molecule has 1 fully saturated rings. The maximum absolute atomic E-state index is 12.2. The smallest absolute Gasteiger partial charge is 0.317 e. The summed E-state index contributed by atoms with van der Waals surface area (Å²) in [6, 6.07) is 10.5. The molecule has 1 aliphatic rings. The van der Waals surface area contributed by atoms with Crippen LogP contribution in [-0.2, 0) is 6.54 Å². The van der Waals surface area contributed by atoms with Gasteiger partial charge in [0.15, 0.2) is 0 Å². The highest BCUT2D eigenvalue weighted by molar-refractivity contribution is 5.80. The second-order valence-corrected chi connectivity index (χ2v) is 6.98. The molecule has 5 nitrogen and oxygen atoms in total. The second-order valence-electron chi connectivity index (χ2n) is 6.98. The number of urea groups is 1. The number of hydrogen-bond donors (Lipinski definition) is 1. The fourth-order valence-electron chi connectivity index (χ4n) is 3.51. The van der Waals surface area contributed by atoms with Crippen LogP contribution in [0.4, 0.5) is 4.79 Å². The molecule has 2 amide bonds. The number of amides is 2. The number of likely N-dealkylation sites (N-methyl/N-ethyl adjacent to an activating group) is 1. The first kappa shape index (κ1) is 17.8. The Bertz CT molecular complexity index is 675. The van der Waals surface area contributed by atoms with E-state index in [1.807, 2.05) is 7.05 Å². The minimum absolute atomic E-state index is 0.0232. The lowest BCUT2D eigenvalue weighted by Gasteiger charge is -2.26. The maximum atomic E-state index is 12.2. The van der Waals surface area contributed by atoms with E-state index in [4.69, 9.17) is 0 Å². The number of benzene rings is 1. The number of rotatable bonds is 7. The number of para-hydroxylation sites is 1. The zero-order valence-corrected chi connectivity index (χ0v) is 15.3. The zero-order chi connectivity index (χ0) is 17.5. The molecule has 3 rings (SSSR count). The van der Waals surface area contributed by atoms with E-state index in [-0.39, 0.29) is 6.03 Å². The summed E-state index contributed by atoms with van der Waals surface area (Å²) in [4.78, 5) is 16.5. The van der Waals surface area contributed by atoms with E-state index in [1.165, 1.54) is 43.3 Å². The summed E-state index contributed by atoms with van der Waals surface area (Å²) in [5.74, 6) is 0. The van der Waals surface area contributed by atoms with Crippen LogP contribution in [0.15, 0.2) is 36.5 Å². The van der Waals surface area contributed by atoms with E-state index in [9.17, 15) is 4.79 Å². The van der Waals surface area contributed by atoms with Gasteiger partial charge in [0.1, 0.15) is 0 Å². The van der Waals surface area contributed by atoms with Gasteiger partial charge in [-0.3, -0.25) is 0 Å². The van der Waals surface area contributed by atoms with Gasteiger partial charge >= 0.3 is 6.03 Å². The van der Waals surface area contributed by atoms with Crippen LogP contribution in [0.25, 0.3) is 10.9 Å². The lowest BCUT2D eigenvalue weighted by Crippen LogP contribution is -2.40. The van der Waals surface area contributed by atoms with Crippen molar-refractivity contribution >= 4 is 16.9 Å². The van der Waals surface area contributed by atoms with Crippen molar-refractivity contribution in [1.82, 2.24) is 19.7 Å². The minimum Gasteiger partial charge on any atom is -0.346 e. The SMILES string of the molecule is CN(CCn1ccc2ccccc21)C(=O)NCCCN1CCCCC1. The van der Waals surface area contributed by atoms with Gasteiger partial charge in [0, 0.05) is 38.4 Å². The monoisotopic (exact) mass is 342 g/mol. The van der Waals surface area contributed by atoms with Gasteiger partial charge in [0.05, 0.1) is 0 Å². The molecule has 0 atom stereocenters. The molecule has 25 heavy (non-hydrogen) atoms. The fraction of sp³-hybridized carbons (Fsp3) is 0.550. The molecule has 1 N–H and O–H groups in total. The number of nitrogens with one attached hydrogen (secondary N) is 1. The molecule has 1 aromatic heterocycles. The lowest BCUT2D eigenvalue weighted by molar-refractivity contribution is 0.203. The number of aromatic nitrogens is 1. The minimum atomic E-state index is 0.0232. The molecule has 0 unspecified atom stereocenters. The molecule has 2 aromatic rings. The number of fused-ring (bicyclic) bond motifs is 1. The molecule has 5 heteroatoms. The van der Waals surface area contributed by atoms with Crippen molar-refractivity contribution in [1.29, 1.82) is 0 Å². The Labute approximate surface area is 150 Å². The largest absolute Gasteiger partial charge is 0.346 e. The van der Waals surface area contributed by atoms with E-state index in [0.717, 1.165) is 26.1 Å². The van der Waals surface area contributed by atoms with Crippen LogP contribution in [0.3, 0.4) is 0 Å². The van der Waals surface area contributed by atoms with Crippen LogP contribution >= 0.6 is 0 Å². The predicted molar refractivity (Wildman–Crippen MR) is 103 cm³/mol. The Morgan fingerprint density at radius 2 is 1.92 bits per heavy atom. The number of carbonyl (C=O) groups is 1. The molecule has 1 aromatic carbocycles. The van der Waals surface area contributed by atoms with E-state index >= 15 is 0 Å². The summed E-state index contributed by atoms with van der Waals surface area (Å²) in [5.41, 5.74) is 1.22. The molecule has 0 bridgehead atoms. The van der Waals surface area contributed by atoms with E-state index in [0.29, 0.717) is 6.54 Å². The van der Waals surface area contributed by atoms with Crippen molar-refractivity contribution in [2.24, 2.45) is 0 Å². The lowest BCUT2D eigenvalue weighted by atomic mass is 10.1. The average molecular weight is 342 g/mol. The summed E-state index contributed by atoms with van der Waals surface area (Å²) in [6.07, 6.45) is 7.14. The zero-order valence-electron chi connectivity index (χ0n) is 15.3. The van der Waals surface area contributed by atoms with Crippen molar-refractivity contribution in [3.8, 4) is 0 Å². The van der Waals surface area contributed by atoms with Crippen LogP contribution in [0, 0.1) is 0 Å². The van der Waals surface area contributed by atoms with E-state index < -0.39 is 0 Å². The van der Waals surface area contributed by atoms with Crippen LogP contribution in [0.2, 0.25) is 0 Å². The normalized spacial score (nSPS) is 15.4. The van der Waals surface area contributed by atoms with Crippen molar-refractivity contribution in [3.63, 3.8) is 0 Å². The Balaban J connectivity index is 1.36. The highest BCUT2D eigenvalue weighted by Gasteiger charge is 2.11. The summed E-state index contributed by atoms with van der Waals surface area (Å²) in [6.45, 7) is 5.81. The number of carbonyl (C=O) groups excluding carboxylic acids is 1. The molecule has 0 saturated carbocycles. The van der Waals surface area contributed by atoms with Crippen LogP contribution in [0.1, 0.15) is 25.7 Å². The van der Waals surface area contributed by atoms with Crippen molar-refractivity contribution in [3.05, 3.63) is 36.5 Å². The summed E-state index contributed by atoms with van der Waals surface area (Å²) in [5, 5.41) is 4.28. The molecule has 0 radical (unpaired) electrons. The number of likely N-dealkylation sites (tertiary alicyclic amines) is 1. The van der Waals surface area contributed by atoms with Crippen LogP contribution < -0.4 is 5.32 Å². The number of nitrogens with zero attached hydrogens (tertiary/aromatic N) is 3. The third-order valence-electron chi connectivity index (χ3n) is 5.08. The third-order valence-corrected chi connectivity index (χ3v) is 5.08. The van der Waals surface area contributed by atoms with Gasteiger partial charge in [-0.05, 0) is 56.4 Å². The van der Waals surface area contributed by atoms with Crippen LogP contribution in [-0.4, -0.2) is 60.2 Å². The Kier molecular flexibility index (Phi) is 6.34. The molecule has 136 valence electrons. The van der Waals surface area contributed by atoms with Crippen molar-refractivity contribution < 1.29 is 4.79 Å². The highest BCUT2D eigenvalue weighted by Crippen LogP contribution is 2.14. The number of hydrogen-bond acceptors (Lipinski definition) is 2. The maximum Gasteiger partial charge on any atom is 0.317 e. The Hall–Kier alpha value is -2.01. The van der Waals surface area contributed by atoms with Crippen molar-refractivity contribution in [2.75, 3.05) is 39.8 Å². The number of piperidine rings is 1. The summed E-state index contributed by atoms with van der Waals surface area (Å²) in [7, 11) is 1.87.